The summed E-state index contributed by atoms with van der Waals surface area (Å²) in [6.45, 7) is 0.427. The maximum absolute atomic E-state index is 12.8. The Balaban J connectivity index is 1.56. The molecule has 1 saturated heterocycles. The summed E-state index contributed by atoms with van der Waals surface area (Å²) in [5.41, 5.74) is -0.915. The number of pyridine rings is 1. The highest BCUT2D eigenvalue weighted by Gasteiger charge is 2.38. The lowest BCUT2D eigenvalue weighted by Gasteiger charge is -2.38. The number of alkyl halides is 3. The van der Waals surface area contributed by atoms with E-state index < -0.39 is 23.7 Å². The highest BCUT2D eigenvalue weighted by atomic mass is 32.1. The van der Waals surface area contributed by atoms with Gasteiger partial charge in [0.2, 0.25) is 5.88 Å². The van der Waals surface area contributed by atoms with Crippen LogP contribution in [0.1, 0.15) is 5.56 Å². The number of thiophene rings is 1. The van der Waals surface area contributed by atoms with E-state index in [1.807, 2.05) is 11.4 Å². The summed E-state index contributed by atoms with van der Waals surface area (Å²) in [5, 5.41) is 5.24. The number of anilines is 1. The Morgan fingerprint density at radius 3 is 2.78 bits per heavy atom. The SMILES string of the molecule is O=C(Nc1cccs1)N1CC(Oc2ncccc2C(F)(F)F)C1. The zero-order valence-electron chi connectivity index (χ0n) is 11.7. The predicted octanol–water partition coefficient (Wildman–Crippen LogP) is 3.46. The molecule has 1 fully saturated rings. The smallest absolute Gasteiger partial charge is 0.421 e. The first-order chi connectivity index (χ1) is 10.9. The van der Waals surface area contributed by atoms with Crippen LogP contribution in [0.5, 0.6) is 5.88 Å². The van der Waals surface area contributed by atoms with Crippen molar-refractivity contribution in [3.8, 4) is 5.88 Å². The monoisotopic (exact) mass is 343 g/mol. The molecule has 0 aromatic carbocycles. The molecule has 0 atom stereocenters. The van der Waals surface area contributed by atoms with E-state index >= 15 is 0 Å². The topological polar surface area (TPSA) is 54.5 Å². The summed E-state index contributed by atoms with van der Waals surface area (Å²) in [5.74, 6) is -0.455. The minimum Gasteiger partial charge on any atom is -0.470 e. The number of nitrogens with zero attached hydrogens (tertiary/aromatic N) is 2. The molecule has 23 heavy (non-hydrogen) atoms. The fraction of sp³-hybridized carbons (Fsp3) is 0.286. The molecule has 0 saturated carbocycles. The van der Waals surface area contributed by atoms with Crippen molar-refractivity contribution in [2.24, 2.45) is 0 Å². The summed E-state index contributed by atoms with van der Waals surface area (Å²) in [6.07, 6.45) is -3.78. The van der Waals surface area contributed by atoms with Crippen molar-refractivity contribution < 1.29 is 22.7 Å². The molecule has 1 aliphatic rings. The normalized spacial score (nSPS) is 15.2. The van der Waals surface area contributed by atoms with Gasteiger partial charge >= 0.3 is 12.2 Å². The van der Waals surface area contributed by atoms with E-state index in [9.17, 15) is 18.0 Å². The lowest BCUT2D eigenvalue weighted by molar-refractivity contribution is -0.140. The van der Waals surface area contributed by atoms with Crippen molar-refractivity contribution in [2.45, 2.75) is 12.3 Å². The fourth-order valence-electron chi connectivity index (χ4n) is 2.07. The lowest BCUT2D eigenvalue weighted by Crippen LogP contribution is -2.57. The van der Waals surface area contributed by atoms with Crippen LogP contribution in [-0.4, -0.2) is 35.1 Å². The molecule has 2 aromatic rings. The Hall–Kier alpha value is -2.29. The van der Waals surface area contributed by atoms with Crippen LogP contribution in [0.2, 0.25) is 0 Å². The van der Waals surface area contributed by atoms with Crippen LogP contribution in [0, 0.1) is 0 Å². The van der Waals surface area contributed by atoms with E-state index in [1.54, 1.807) is 6.07 Å². The first kappa shape index (κ1) is 15.6. The molecule has 122 valence electrons. The third-order valence-electron chi connectivity index (χ3n) is 3.24. The Bertz CT molecular complexity index is 685. The summed E-state index contributed by atoms with van der Waals surface area (Å²) < 4.78 is 43.8. The standard InChI is InChI=1S/C14H12F3N3O2S/c15-14(16,17)10-3-1-5-18-12(10)22-9-7-20(8-9)13(21)19-11-4-2-6-23-11/h1-6,9H,7-8H2,(H,19,21). The van der Waals surface area contributed by atoms with Crippen molar-refractivity contribution >= 4 is 22.4 Å². The van der Waals surface area contributed by atoms with Crippen LogP contribution in [0.15, 0.2) is 35.8 Å². The first-order valence-electron chi connectivity index (χ1n) is 6.72. The van der Waals surface area contributed by atoms with Crippen LogP contribution in [0.25, 0.3) is 0 Å². The van der Waals surface area contributed by atoms with Gasteiger partial charge in [-0.15, -0.1) is 11.3 Å². The van der Waals surface area contributed by atoms with E-state index in [1.165, 1.54) is 28.5 Å². The number of hydrogen-bond donors (Lipinski definition) is 1. The Morgan fingerprint density at radius 1 is 1.35 bits per heavy atom. The van der Waals surface area contributed by atoms with Crippen LogP contribution in [-0.2, 0) is 6.18 Å². The van der Waals surface area contributed by atoms with Gasteiger partial charge in [-0.05, 0) is 29.6 Å². The minimum absolute atomic E-state index is 0.213. The second-order valence-corrected chi connectivity index (χ2v) is 5.85. The summed E-state index contributed by atoms with van der Waals surface area (Å²) >= 11 is 1.39. The zero-order valence-corrected chi connectivity index (χ0v) is 12.5. The largest absolute Gasteiger partial charge is 0.470 e. The molecular formula is C14H12F3N3O2S. The van der Waals surface area contributed by atoms with E-state index in [2.05, 4.69) is 10.3 Å². The molecule has 0 radical (unpaired) electrons. The summed E-state index contributed by atoms with van der Waals surface area (Å²) in [7, 11) is 0. The van der Waals surface area contributed by atoms with Gasteiger partial charge in [-0.25, -0.2) is 9.78 Å². The maximum atomic E-state index is 12.8. The number of urea groups is 1. The number of aromatic nitrogens is 1. The molecule has 3 rings (SSSR count). The number of amides is 2. The Morgan fingerprint density at radius 2 is 2.13 bits per heavy atom. The number of hydrogen-bond acceptors (Lipinski definition) is 4. The van der Waals surface area contributed by atoms with Gasteiger partial charge in [0.05, 0.1) is 18.1 Å². The molecule has 1 aliphatic heterocycles. The highest BCUT2D eigenvalue weighted by molar-refractivity contribution is 7.14. The number of rotatable bonds is 3. The first-order valence-corrected chi connectivity index (χ1v) is 7.60. The molecule has 1 N–H and O–H groups in total. The van der Waals surface area contributed by atoms with Gasteiger partial charge in [-0.1, -0.05) is 0 Å². The molecule has 3 heterocycles. The Labute approximate surface area is 133 Å². The van der Waals surface area contributed by atoms with Crippen molar-refractivity contribution in [3.05, 3.63) is 41.4 Å². The van der Waals surface area contributed by atoms with Crippen LogP contribution >= 0.6 is 11.3 Å². The second kappa shape index (κ2) is 6.07. The van der Waals surface area contributed by atoms with E-state index in [0.717, 1.165) is 6.07 Å². The molecular weight excluding hydrogens is 331 g/mol. The quantitative estimate of drug-likeness (QED) is 0.929. The minimum atomic E-state index is -4.52. The number of likely N-dealkylation sites (tertiary alicyclic amines) is 1. The highest BCUT2D eigenvalue weighted by Crippen LogP contribution is 2.35. The molecule has 5 nitrogen and oxygen atoms in total. The summed E-state index contributed by atoms with van der Waals surface area (Å²) in [4.78, 5) is 17.0. The maximum Gasteiger partial charge on any atom is 0.421 e. The third-order valence-corrected chi connectivity index (χ3v) is 4.03. The van der Waals surface area contributed by atoms with Gasteiger partial charge in [-0.3, -0.25) is 5.32 Å². The van der Waals surface area contributed by atoms with Gasteiger partial charge in [-0.2, -0.15) is 13.2 Å². The number of halogens is 3. The average molecular weight is 343 g/mol. The lowest BCUT2D eigenvalue weighted by atomic mass is 10.2. The molecule has 9 heteroatoms. The van der Waals surface area contributed by atoms with Crippen molar-refractivity contribution in [1.82, 2.24) is 9.88 Å². The van der Waals surface area contributed by atoms with Gasteiger partial charge in [0, 0.05) is 6.20 Å². The number of nitrogens with one attached hydrogen (secondary N) is 1. The molecule has 2 amide bonds. The van der Waals surface area contributed by atoms with Gasteiger partial charge in [0.15, 0.2) is 0 Å². The third kappa shape index (κ3) is 3.55. The molecule has 0 aliphatic carbocycles. The number of carbonyl (C=O) groups excluding carboxylic acids is 1. The van der Waals surface area contributed by atoms with Gasteiger partial charge in [0.25, 0.3) is 0 Å². The Kier molecular flexibility index (Phi) is 4.12. The van der Waals surface area contributed by atoms with E-state index in [4.69, 9.17) is 4.74 Å². The molecule has 2 aromatic heterocycles. The van der Waals surface area contributed by atoms with Crippen molar-refractivity contribution in [2.75, 3.05) is 18.4 Å². The van der Waals surface area contributed by atoms with Crippen LogP contribution in [0.3, 0.4) is 0 Å². The molecule has 0 unspecified atom stereocenters. The fourth-order valence-corrected chi connectivity index (χ4v) is 2.68. The summed E-state index contributed by atoms with van der Waals surface area (Å²) in [6, 6.07) is 5.39. The van der Waals surface area contributed by atoms with Crippen LogP contribution in [0.4, 0.5) is 23.0 Å². The molecule has 0 spiro atoms. The van der Waals surface area contributed by atoms with Crippen LogP contribution < -0.4 is 10.1 Å². The van der Waals surface area contributed by atoms with Gasteiger partial charge < -0.3 is 9.64 Å². The number of carbonyl (C=O) groups is 1. The predicted molar refractivity (Wildman–Crippen MR) is 78.6 cm³/mol. The van der Waals surface area contributed by atoms with Gasteiger partial charge in [0.1, 0.15) is 11.7 Å². The average Bonchev–Trinajstić information content (AvgIpc) is 2.94. The zero-order chi connectivity index (χ0) is 16.4. The van der Waals surface area contributed by atoms with E-state index in [-0.39, 0.29) is 19.1 Å². The van der Waals surface area contributed by atoms with E-state index in [0.29, 0.717) is 5.00 Å². The number of ether oxygens (including phenoxy) is 1. The van der Waals surface area contributed by atoms with Crippen molar-refractivity contribution in [1.29, 1.82) is 0 Å². The van der Waals surface area contributed by atoms with Crippen molar-refractivity contribution in [3.63, 3.8) is 0 Å². The second-order valence-electron chi connectivity index (χ2n) is 4.91. The molecule has 0 bridgehead atoms.